The van der Waals surface area contributed by atoms with E-state index in [-0.39, 0.29) is 5.91 Å². The first-order chi connectivity index (χ1) is 12.5. The third-order valence-corrected chi connectivity index (χ3v) is 4.63. The van der Waals surface area contributed by atoms with Gasteiger partial charge in [-0.3, -0.25) is 9.59 Å². The van der Waals surface area contributed by atoms with Gasteiger partial charge >= 0.3 is 0 Å². The fourth-order valence-electron chi connectivity index (χ4n) is 3.22. The topological polar surface area (TPSA) is 107 Å². The quantitative estimate of drug-likeness (QED) is 0.826. The Morgan fingerprint density at radius 2 is 1.96 bits per heavy atom. The van der Waals surface area contributed by atoms with E-state index in [0.29, 0.717) is 36.6 Å². The Bertz CT molecular complexity index is 799. The number of hydrogen-bond acceptors (Lipinski definition) is 5. The van der Waals surface area contributed by atoms with Gasteiger partial charge in [0.2, 0.25) is 11.8 Å². The smallest absolute Gasteiger partial charge is 0.252 e. The maximum atomic E-state index is 12.7. The summed E-state index contributed by atoms with van der Waals surface area (Å²) in [5, 5.41) is 11.0. The zero-order chi connectivity index (χ0) is 18.6. The second kappa shape index (κ2) is 7.51. The van der Waals surface area contributed by atoms with Gasteiger partial charge in [-0.15, -0.1) is 10.2 Å². The molecule has 136 valence electrons. The van der Waals surface area contributed by atoms with Crippen molar-refractivity contribution in [1.29, 1.82) is 0 Å². The molecule has 1 aliphatic carbocycles. The van der Waals surface area contributed by atoms with Gasteiger partial charge in [0.1, 0.15) is 5.54 Å². The van der Waals surface area contributed by atoms with E-state index in [0.717, 1.165) is 18.4 Å². The number of rotatable bonds is 6. The van der Waals surface area contributed by atoms with E-state index in [2.05, 4.69) is 15.5 Å². The molecule has 0 aliphatic heterocycles. The first kappa shape index (κ1) is 17.8. The Morgan fingerprint density at radius 3 is 2.58 bits per heavy atom. The van der Waals surface area contributed by atoms with Crippen molar-refractivity contribution in [2.45, 2.75) is 38.1 Å². The van der Waals surface area contributed by atoms with E-state index >= 15 is 0 Å². The lowest BCUT2D eigenvalue weighted by atomic mass is 9.96. The van der Waals surface area contributed by atoms with Gasteiger partial charge in [0.15, 0.2) is 0 Å². The SMILES string of the molecule is CCOc1ccc(-c2cccc(C(=O)NC3(C(N)=O)CCCC3)c2)nn1. The standard InChI is InChI=1S/C19H22N4O3/c1-2-26-16-9-8-15(22-23-16)13-6-5-7-14(12-13)17(24)21-19(18(20)25)10-3-4-11-19/h5-9,12H,2-4,10-11H2,1H3,(H2,20,25)(H,21,24). The predicted octanol–water partition coefficient (Wildman–Crippen LogP) is 2.07. The Balaban J connectivity index is 1.80. The largest absolute Gasteiger partial charge is 0.477 e. The summed E-state index contributed by atoms with van der Waals surface area (Å²) in [6.07, 6.45) is 2.92. The third kappa shape index (κ3) is 3.66. The Kier molecular flexibility index (Phi) is 5.16. The maximum absolute atomic E-state index is 12.7. The minimum Gasteiger partial charge on any atom is -0.477 e. The molecule has 1 saturated carbocycles. The number of primary amides is 1. The van der Waals surface area contributed by atoms with Crippen LogP contribution in [0.3, 0.4) is 0 Å². The van der Waals surface area contributed by atoms with Gasteiger partial charge in [-0.25, -0.2) is 0 Å². The summed E-state index contributed by atoms with van der Waals surface area (Å²) in [4.78, 5) is 24.5. The molecular formula is C19H22N4O3. The predicted molar refractivity (Wildman–Crippen MR) is 96.5 cm³/mol. The summed E-state index contributed by atoms with van der Waals surface area (Å²) in [6, 6.07) is 10.6. The van der Waals surface area contributed by atoms with Crippen LogP contribution in [0.4, 0.5) is 0 Å². The molecule has 2 amide bonds. The summed E-state index contributed by atoms with van der Waals surface area (Å²) in [5.41, 5.74) is 6.44. The van der Waals surface area contributed by atoms with E-state index in [4.69, 9.17) is 10.5 Å². The lowest BCUT2D eigenvalue weighted by molar-refractivity contribution is -0.123. The number of amides is 2. The number of hydrogen-bond donors (Lipinski definition) is 2. The van der Waals surface area contributed by atoms with Gasteiger partial charge in [-0.1, -0.05) is 25.0 Å². The summed E-state index contributed by atoms with van der Waals surface area (Å²) < 4.78 is 5.29. The number of carbonyl (C=O) groups excluding carboxylic acids is 2. The molecule has 0 bridgehead atoms. The molecule has 1 heterocycles. The Labute approximate surface area is 152 Å². The molecular weight excluding hydrogens is 332 g/mol. The molecule has 3 rings (SSSR count). The van der Waals surface area contributed by atoms with Crippen molar-refractivity contribution in [2.24, 2.45) is 5.73 Å². The van der Waals surface area contributed by atoms with E-state index < -0.39 is 11.4 Å². The summed E-state index contributed by atoms with van der Waals surface area (Å²) in [6.45, 7) is 2.40. The molecule has 1 aromatic carbocycles. The van der Waals surface area contributed by atoms with Crippen LogP contribution in [0.25, 0.3) is 11.3 Å². The number of aromatic nitrogens is 2. The van der Waals surface area contributed by atoms with Crippen LogP contribution in [-0.2, 0) is 4.79 Å². The van der Waals surface area contributed by atoms with E-state index in [1.807, 2.05) is 13.0 Å². The summed E-state index contributed by atoms with van der Waals surface area (Å²) >= 11 is 0. The number of ether oxygens (including phenoxy) is 1. The van der Waals surface area contributed by atoms with Gasteiger partial charge in [0.05, 0.1) is 12.3 Å². The molecule has 1 aromatic heterocycles. The fraction of sp³-hybridized carbons (Fsp3) is 0.368. The van der Waals surface area contributed by atoms with Crippen LogP contribution in [-0.4, -0.2) is 34.2 Å². The maximum Gasteiger partial charge on any atom is 0.252 e. The molecule has 7 heteroatoms. The third-order valence-electron chi connectivity index (χ3n) is 4.63. The highest BCUT2D eigenvalue weighted by molar-refractivity contribution is 5.99. The minimum atomic E-state index is -0.938. The molecule has 26 heavy (non-hydrogen) atoms. The molecule has 7 nitrogen and oxygen atoms in total. The van der Waals surface area contributed by atoms with Gasteiger partial charge < -0.3 is 15.8 Å². The second-order valence-corrected chi connectivity index (χ2v) is 6.38. The van der Waals surface area contributed by atoms with Crippen LogP contribution in [0.5, 0.6) is 5.88 Å². The summed E-state index contributed by atoms with van der Waals surface area (Å²) in [7, 11) is 0. The van der Waals surface area contributed by atoms with Crippen molar-refractivity contribution in [3.63, 3.8) is 0 Å². The Morgan fingerprint density at radius 1 is 1.19 bits per heavy atom. The van der Waals surface area contributed by atoms with Crippen LogP contribution in [0.15, 0.2) is 36.4 Å². The lowest BCUT2D eigenvalue weighted by Gasteiger charge is -2.26. The van der Waals surface area contributed by atoms with E-state index in [1.165, 1.54) is 0 Å². The average molecular weight is 354 g/mol. The minimum absolute atomic E-state index is 0.313. The number of nitrogens with zero attached hydrogens (tertiary/aromatic N) is 2. The number of benzene rings is 1. The monoisotopic (exact) mass is 354 g/mol. The number of nitrogens with one attached hydrogen (secondary N) is 1. The van der Waals surface area contributed by atoms with Crippen LogP contribution in [0, 0.1) is 0 Å². The first-order valence-corrected chi connectivity index (χ1v) is 8.73. The molecule has 1 aliphatic rings. The summed E-state index contributed by atoms with van der Waals surface area (Å²) in [5.74, 6) is -0.335. The van der Waals surface area contributed by atoms with Crippen LogP contribution < -0.4 is 15.8 Å². The van der Waals surface area contributed by atoms with Crippen molar-refractivity contribution >= 4 is 11.8 Å². The van der Waals surface area contributed by atoms with Gasteiger partial charge in [0, 0.05) is 17.2 Å². The molecule has 0 spiro atoms. The zero-order valence-electron chi connectivity index (χ0n) is 14.7. The van der Waals surface area contributed by atoms with Crippen LogP contribution in [0.2, 0.25) is 0 Å². The van der Waals surface area contributed by atoms with Crippen LogP contribution >= 0.6 is 0 Å². The zero-order valence-corrected chi connectivity index (χ0v) is 14.7. The van der Waals surface area contributed by atoms with E-state index in [1.54, 1.807) is 30.3 Å². The van der Waals surface area contributed by atoms with Crippen molar-refractivity contribution < 1.29 is 14.3 Å². The van der Waals surface area contributed by atoms with Gasteiger partial charge in [-0.2, -0.15) is 0 Å². The van der Waals surface area contributed by atoms with Crippen molar-refractivity contribution in [3.05, 3.63) is 42.0 Å². The number of nitrogens with two attached hydrogens (primary N) is 1. The molecule has 0 radical (unpaired) electrons. The Hall–Kier alpha value is -2.96. The normalized spacial score (nSPS) is 15.4. The molecule has 3 N–H and O–H groups in total. The van der Waals surface area contributed by atoms with Crippen molar-refractivity contribution in [2.75, 3.05) is 6.61 Å². The fourth-order valence-corrected chi connectivity index (χ4v) is 3.22. The van der Waals surface area contributed by atoms with Crippen molar-refractivity contribution in [3.8, 4) is 17.1 Å². The molecule has 1 fully saturated rings. The highest BCUT2D eigenvalue weighted by Gasteiger charge is 2.41. The van der Waals surface area contributed by atoms with Gasteiger partial charge in [-0.05, 0) is 38.0 Å². The van der Waals surface area contributed by atoms with E-state index in [9.17, 15) is 9.59 Å². The molecule has 2 aromatic rings. The molecule has 0 unspecified atom stereocenters. The average Bonchev–Trinajstić information content (AvgIpc) is 3.13. The number of carbonyl (C=O) groups is 2. The highest BCUT2D eigenvalue weighted by Crippen LogP contribution is 2.30. The van der Waals surface area contributed by atoms with Gasteiger partial charge in [0.25, 0.3) is 5.91 Å². The molecule has 0 saturated heterocycles. The second-order valence-electron chi connectivity index (χ2n) is 6.38. The van der Waals surface area contributed by atoms with Crippen LogP contribution in [0.1, 0.15) is 43.0 Å². The lowest BCUT2D eigenvalue weighted by Crippen LogP contribution is -2.55. The van der Waals surface area contributed by atoms with Crippen molar-refractivity contribution in [1.82, 2.24) is 15.5 Å². The highest BCUT2D eigenvalue weighted by atomic mass is 16.5. The first-order valence-electron chi connectivity index (χ1n) is 8.73. The molecule has 0 atom stereocenters.